The average Bonchev–Trinajstić information content (AvgIpc) is 3.78. The van der Waals surface area contributed by atoms with Gasteiger partial charge in [-0.15, -0.1) is 0 Å². The van der Waals surface area contributed by atoms with Crippen LogP contribution in [0.1, 0.15) is 104 Å². The average molecular weight is 842 g/mol. The predicted octanol–water partition coefficient (Wildman–Crippen LogP) is 3.75. The number of unbranched alkanes of at least 4 members (excludes halogenated alkanes) is 2. The Bertz CT molecular complexity index is 1560. The number of likely N-dealkylation sites (N-methyl/N-ethyl adjacent to an activating group) is 1. The zero-order chi connectivity index (χ0) is 42.8. The van der Waals surface area contributed by atoms with E-state index in [1.807, 2.05) is 0 Å². The van der Waals surface area contributed by atoms with Crippen LogP contribution in [-0.2, 0) is 28.6 Å². The Hall–Kier alpha value is -2.71. The first-order valence-corrected chi connectivity index (χ1v) is 23.4. The van der Waals surface area contributed by atoms with Gasteiger partial charge in [-0.3, -0.25) is 14.5 Å². The number of fused-ring (bicyclic) bond motifs is 5. The van der Waals surface area contributed by atoms with Gasteiger partial charge >= 0.3 is 5.97 Å². The molecule has 14 heteroatoms. The molecule has 2 amide bonds. The quantitative estimate of drug-likeness (QED) is 0.0582. The van der Waals surface area contributed by atoms with E-state index >= 15 is 0 Å². The van der Waals surface area contributed by atoms with Crippen LogP contribution in [0.15, 0.2) is 21.6 Å². The van der Waals surface area contributed by atoms with E-state index in [1.165, 1.54) is 0 Å². The number of esters is 1. The highest BCUT2D eigenvalue weighted by Gasteiger charge is 2.70. The number of hydrogen-bond acceptors (Lipinski definition) is 11. The van der Waals surface area contributed by atoms with Gasteiger partial charge in [0.2, 0.25) is 11.8 Å². The van der Waals surface area contributed by atoms with E-state index in [9.17, 15) is 24.6 Å². The fraction of sp³-hybridized carbons (Fsp3) is 0.870. The lowest BCUT2D eigenvalue weighted by atomic mass is 9.42. The lowest BCUT2D eigenvalue weighted by molar-refractivity contribution is -0.889. The molecule has 338 valence electrons. The van der Waals surface area contributed by atoms with Gasteiger partial charge in [0.05, 0.1) is 83.9 Å². The van der Waals surface area contributed by atoms with Crippen LogP contribution in [0.5, 0.6) is 0 Å². The van der Waals surface area contributed by atoms with E-state index in [0.29, 0.717) is 44.8 Å². The summed E-state index contributed by atoms with van der Waals surface area (Å²) in [5.74, 6) is 0.345. The second-order valence-corrected chi connectivity index (χ2v) is 20.0. The summed E-state index contributed by atoms with van der Waals surface area (Å²) >= 11 is 0. The third-order valence-electron chi connectivity index (χ3n) is 15.9. The molecule has 1 saturated heterocycles. The monoisotopic (exact) mass is 842 g/mol. The SMILES string of the molecule is C[C@]12[C@H](O)CC3C(CC[C@@H]4C[C@@H](OCC(=O)NCCCCCC(=O)NCC[N+](C)(C)CCCN=C=NCCCN5CCOCC5)CC[C@]34C)[C@@]1(O)CC[C@@H]2C1=CC(=O)OC1. The largest absolute Gasteiger partial charge is 0.458 e. The van der Waals surface area contributed by atoms with E-state index in [0.717, 1.165) is 133 Å². The smallest absolute Gasteiger partial charge is 0.331 e. The van der Waals surface area contributed by atoms with Crippen LogP contribution in [0, 0.1) is 34.5 Å². The molecule has 14 nitrogen and oxygen atoms in total. The van der Waals surface area contributed by atoms with Gasteiger partial charge in [-0.1, -0.05) is 20.3 Å². The van der Waals surface area contributed by atoms with Crippen LogP contribution in [0.2, 0.25) is 0 Å². The molecule has 0 aromatic rings. The summed E-state index contributed by atoms with van der Waals surface area (Å²) in [5, 5.41) is 30.4. The minimum atomic E-state index is -0.980. The highest BCUT2D eigenvalue weighted by atomic mass is 16.5. The summed E-state index contributed by atoms with van der Waals surface area (Å²) in [4.78, 5) is 48.1. The van der Waals surface area contributed by atoms with Crippen molar-refractivity contribution in [2.45, 2.75) is 122 Å². The Kier molecular flexibility index (Phi) is 16.5. The van der Waals surface area contributed by atoms with Crippen molar-refractivity contribution in [3.8, 4) is 0 Å². The van der Waals surface area contributed by atoms with Crippen LogP contribution in [0.4, 0.5) is 0 Å². The summed E-state index contributed by atoms with van der Waals surface area (Å²) in [6.45, 7) is 14.0. The van der Waals surface area contributed by atoms with E-state index in [2.05, 4.69) is 59.5 Å². The van der Waals surface area contributed by atoms with Crippen LogP contribution in [0.25, 0.3) is 0 Å². The van der Waals surface area contributed by atoms with Gasteiger partial charge in [0.1, 0.15) is 13.2 Å². The first kappa shape index (κ1) is 46.8. The van der Waals surface area contributed by atoms with Crippen molar-refractivity contribution in [1.82, 2.24) is 15.5 Å². The number of ether oxygens (including phenoxy) is 3. The van der Waals surface area contributed by atoms with E-state index < -0.39 is 17.1 Å². The van der Waals surface area contributed by atoms with Gasteiger partial charge in [-0.25, -0.2) is 14.8 Å². The molecule has 4 aliphatic carbocycles. The van der Waals surface area contributed by atoms with Gasteiger partial charge < -0.3 is 39.5 Å². The van der Waals surface area contributed by atoms with Gasteiger partial charge in [0.25, 0.3) is 0 Å². The number of amides is 2. The lowest BCUT2D eigenvalue weighted by Gasteiger charge is -2.65. The second-order valence-electron chi connectivity index (χ2n) is 20.0. The Morgan fingerprint density at radius 2 is 1.70 bits per heavy atom. The molecular formula is C46H77N6O8+. The molecule has 5 fully saturated rings. The Morgan fingerprint density at radius 3 is 2.47 bits per heavy atom. The van der Waals surface area contributed by atoms with Crippen LogP contribution in [0.3, 0.4) is 0 Å². The molecule has 0 radical (unpaired) electrons. The third kappa shape index (κ3) is 11.3. The number of aliphatic hydroxyl groups is 2. The van der Waals surface area contributed by atoms with Crippen molar-refractivity contribution in [3.63, 3.8) is 0 Å². The molecule has 2 unspecified atom stereocenters. The molecule has 0 bridgehead atoms. The summed E-state index contributed by atoms with van der Waals surface area (Å²) < 4.78 is 17.6. The standard InChI is InChI=1S/C46H76N6O8/c1-44-15-13-36(29-35(44)11-12-38-39(44)30-40(53)45(2)37(14-16-46(38,45)57)34-28-43(56)60-31-34)59-32-42(55)49-19-7-5-6-10-41(54)50-20-25-52(3,4)24-9-18-48-33-47-17-8-21-51-22-26-58-27-23-51/h28,35-40,53,57H,5-27,29-32H2,1-4H3,(H-,49,50,54,55)/p+1/t35-,36+,37-,38?,39?,40-,44+,45+,46+/m1/s1. The highest BCUT2D eigenvalue weighted by Crippen LogP contribution is 2.70. The molecule has 0 aromatic carbocycles. The fourth-order valence-corrected chi connectivity index (χ4v) is 12.2. The zero-order valence-corrected chi connectivity index (χ0v) is 37.3. The molecule has 2 aliphatic heterocycles. The number of nitrogens with zero attached hydrogens (tertiary/aromatic N) is 4. The van der Waals surface area contributed by atoms with Crippen molar-refractivity contribution < 1.29 is 43.3 Å². The molecule has 9 atom stereocenters. The summed E-state index contributed by atoms with van der Waals surface area (Å²) in [6.07, 6.45) is 12.6. The van der Waals surface area contributed by atoms with Crippen molar-refractivity contribution in [2.24, 2.45) is 44.5 Å². The topological polar surface area (TPSA) is 171 Å². The van der Waals surface area contributed by atoms with Gasteiger partial charge in [0.15, 0.2) is 0 Å². The molecule has 4 saturated carbocycles. The van der Waals surface area contributed by atoms with Crippen LogP contribution in [-0.4, -0.2) is 161 Å². The van der Waals surface area contributed by atoms with Crippen molar-refractivity contribution in [3.05, 3.63) is 11.6 Å². The summed E-state index contributed by atoms with van der Waals surface area (Å²) in [5.41, 5.74) is -0.764. The summed E-state index contributed by atoms with van der Waals surface area (Å²) in [7, 11) is 4.36. The molecule has 0 spiro atoms. The molecule has 4 N–H and O–H groups in total. The normalized spacial score (nSPS) is 34.0. The molecular weight excluding hydrogens is 765 g/mol. The van der Waals surface area contributed by atoms with Crippen LogP contribution < -0.4 is 10.6 Å². The van der Waals surface area contributed by atoms with Crippen molar-refractivity contribution in [2.75, 3.05) is 99.4 Å². The lowest BCUT2D eigenvalue weighted by Crippen LogP contribution is -2.67. The molecule has 60 heavy (non-hydrogen) atoms. The Morgan fingerprint density at radius 1 is 0.933 bits per heavy atom. The number of carbonyl (C=O) groups is 3. The maximum absolute atomic E-state index is 12.7. The molecule has 0 aromatic heterocycles. The minimum Gasteiger partial charge on any atom is -0.458 e. The Labute approximate surface area is 358 Å². The number of morpholine rings is 1. The minimum absolute atomic E-state index is 0.00488. The molecule has 6 rings (SSSR count). The van der Waals surface area contributed by atoms with Gasteiger partial charge in [0, 0.05) is 50.5 Å². The summed E-state index contributed by atoms with van der Waals surface area (Å²) in [6, 6.07) is 2.85. The highest BCUT2D eigenvalue weighted by molar-refractivity contribution is 5.85. The van der Waals surface area contributed by atoms with E-state index in [1.54, 1.807) is 6.08 Å². The number of aliphatic imine (C=N–C) groups is 2. The second kappa shape index (κ2) is 21.1. The van der Waals surface area contributed by atoms with E-state index in [-0.39, 0.29) is 60.3 Å². The van der Waals surface area contributed by atoms with Crippen molar-refractivity contribution in [1.29, 1.82) is 0 Å². The number of rotatable bonds is 21. The zero-order valence-electron chi connectivity index (χ0n) is 37.3. The van der Waals surface area contributed by atoms with Gasteiger partial charge in [-0.05, 0) is 105 Å². The first-order chi connectivity index (χ1) is 28.7. The first-order valence-electron chi connectivity index (χ1n) is 23.4. The third-order valence-corrected chi connectivity index (χ3v) is 15.9. The number of hydrogen-bond donors (Lipinski definition) is 4. The number of aliphatic hydroxyl groups excluding tert-OH is 1. The number of nitrogens with one attached hydrogen (secondary N) is 2. The molecule has 6 aliphatic rings. The fourth-order valence-electron chi connectivity index (χ4n) is 12.2. The molecule has 2 heterocycles. The number of carbonyl (C=O) groups excluding carboxylic acids is 3. The van der Waals surface area contributed by atoms with E-state index in [4.69, 9.17) is 14.2 Å². The van der Waals surface area contributed by atoms with Crippen LogP contribution >= 0.6 is 0 Å². The maximum atomic E-state index is 12.7. The van der Waals surface area contributed by atoms with Crippen molar-refractivity contribution >= 4 is 23.8 Å². The number of quaternary nitrogens is 1. The number of cyclic esters (lactones) is 1. The van der Waals surface area contributed by atoms with Gasteiger partial charge in [-0.2, -0.15) is 0 Å². The predicted molar refractivity (Wildman–Crippen MR) is 229 cm³/mol. The maximum Gasteiger partial charge on any atom is 0.331 e. The Balaban J connectivity index is 0.789.